The Morgan fingerprint density at radius 2 is 2.00 bits per heavy atom. The summed E-state index contributed by atoms with van der Waals surface area (Å²) in [5, 5.41) is 2.59. The van der Waals surface area contributed by atoms with Crippen LogP contribution in [-0.2, 0) is 23.4 Å². The number of rotatable bonds is 10. The van der Waals surface area contributed by atoms with E-state index in [2.05, 4.69) is 10.1 Å². The van der Waals surface area contributed by atoms with Crippen LogP contribution in [0.5, 0.6) is 5.75 Å². The minimum Gasteiger partial charge on any atom is -0.462 e. The number of aromatic amines is 1. The first-order valence-corrected chi connectivity index (χ1v) is 13.0. The van der Waals surface area contributed by atoms with Crippen LogP contribution in [0.2, 0.25) is 0 Å². The van der Waals surface area contributed by atoms with Gasteiger partial charge in [-0.05, 0) is 51.2 Å². The van der Waals surface area contributed by atoms with E-state index in [-0.39, 0.29) is 29.7 Å². The normalized spacial score (nSPS) is 22.8. The van der Waals surface area contributed by atoms with Crippen molar-refractivity contribution >= 4 is 38.2 Å². The van der Waals surface area contributed by atoms with Crippen molar-refractivity contribution in [2.24, 2.45) is 0 Å². The Morgan fingerprint density at radius 3 is 2.65 bits per heavy atom. The Hall–Kier alpha value is -1.95. The maximum atomic E-state index is 14.7. The third-order valence-corrected chi connectivity index (χ3v) is 6.91. The molecule has 0 spiro atoms. The number of alkyl halides is 1. The van der Waals surface area contributed by atoms with Crippen LogP contribution >= 0.6 is 32.2 Å². The number of benzene rings is 1. The number of halogens is 1. The molecule has 1 fully saturated rings. The number of carbonyl (C=O) groups is 1. The van der Waals surface area contributed by atoms with E-state index in [1.54, 1.807) is 56.4 Å². The molecule has 1 aliphatic heterocycles. The molecule has 2 heterocycles. The van der Waals surface area contributed by atoms with Gasteiger partial charge >= 0.3 is 13.7 Å². The van der Waals surface area contributed by atoms with Gasteiger partial charge in [0.2, 0.25) is 0 Å². The Labute approximate surface area is 207 Å². The lowest BCUT2D eigenvalue weighted by Crippen LogP contribution is -2.36. The second kappa shape index (κ2) is 11.7. The van der Waals surface area contributed by atoms with Crippen molar-refractivity contribution in [2.45, 2.75) is 57.8 Å². The smallest absolute Gasteiger partial charge is 0.459 e. The fraction of sp³-hybridized carbons (Fsp3) is 0.476. The maximum absolute atomic E-state index is 14.7. The number of ether oxygens (including phenoxy) is 2. The number of hydrogen-bond donors (Lipinski definition) is 2. The standard InChI is InChI=1S/C21H27FN3O6PS2/c1-13(2)29-20(26)14(3)24-32(27,31-15-7-5-4-6-8-15)28-12-16-11-17(22)19(30-16)25-10-9-18(33)23-21(25)34/h4-10,13-14,16-17,19H,11-12H2,1-3H3,(H,24,27)(H,23,33,34). The van der Waals surface area contributed by atoms with Gasteiger partial charge in [-0.2, -0.15) is 5.09 Å². The molecule has 2 N–H and O–H groups in total. The van der Waals surface area contributed by atoms with Crippen molar-refractivity contribution < 1.29 is 32.3 Å². The summed E-state index contributed by atoms with van der Waals surface area (Å²) in [7, 11) is -4.08. The highest BCUT2D eigenvalue weighted by Gasteiger charge is 2.40. The van der Waals surface area contributed by atoms with Crippen molar-refractivity contribution in [3.63, 3.8) is 0 Å². The van der Waals surface area contributed by atoms with Gasteiger partial charge in [-0.1, -0.05) is 30.4 Å². The number of aromatic nitrogens is 2. The zero-order chi connectivity index (χ0) is 24.9. The average Bonchev–Trinajstić information content (AvgIpc) is 3.13. The molecule has 0 aliphatic carbocycles. The number of para-hydroxylation sites is 1. The van der Waals surface area contributed by atoms with E-state index in [4.69, 9.17) is 43.0 Å². The van der Waals surface area contributed by atoms with Gasteiger partial charge in [0, 0.05) is 12.6 Å². The molecule has 5 unspecified atom stereocenters. The first-order valence-electron chi connectivity index (χ1n) is 10.6. The third kappa shape index (κ3) is 7.27. The van der Waals surface area contributed by atoms with Gasteiger partial charge in [-0.15, -0.1) is 0 Å². The Bertz CT molecular complexity index is 1150. The van der Waals surface area contributed by atoms with Crippen LogP contribution in [0.4, 0.5) is 4.39 Å². The SMILES string of the molecule is CC(C)OC(=O)C(C)NP(=O)(OCC1CC(F)C(n2ccc(=S)[nH]c2=S)O1)Oc1ccccc1. The number of hydrogen-bond acceptors (Lipinski definition) is 8. The van der Waals surface area contributed by atoms with Crippen LogP contribution in [0.15, 0.2) is 42.6 Å². The minimum atomic E-state index is -4.08. The van der Waals surface area contributed by atoms with E-state index >= 15 is 0 Å². The van der Waals surface area contributed by atoms with Crippen LogP contribution in [0, 0.1) is 9.41 Å². The molecule has 34 heavy (non-hydrogen) atoms. The number of esters is 1. The third-order valence-electron chi connectivity index (χ3n) is 4.71. The molecule has 9 nitrogen and oxygen atoms in total. The highest BCUT2D eigenvalue weighted by atomic mass is 32.1. The van der Waals surface area contributed by atoms with Gasteiger partial charge in [0.15, 0.2) is 11.0 Å². The quantitative estimate of drug-likeness (QED) is 0.248. The van der Waals surface area contributed by atoms with Gasteiger partial charge < -0.3 is 19.0 Å². The molecular weight excluding hydrogens is 504 g/mol. The molecule has 3 rings (SSSR count). The maximum Gasteiger partial charge on any atom is 0.459 e. The lowest BCUT2D eigenvalue weighted by Gasteiger charge is -2.24. The summed E-state index contributed by atoms with van der Waals surface area (Å²) in [6.07, 6.45) is -1.93. The lowest BCUT2D eigenvalue weighted by molar-refractivity contribution is -0.149. The first-order chi connectivity index (χ1) is 16.1. The summed E-state index contributed by atoms with van der Waals surface area (Å²) in [5.74, 6) is -0.352. The lowest BCUT2D eigenvalue weighted by atomic mass is 10.2. The van der Waals surface area contributed by atoms with Crippen molar-refractivity contribution in [1.82, 2.24) is 14.6 Å². The van der Waals surface area contributed by atoms with Crippen LogP contribution in [0.3, 0.4) is 0 Å². The Kier molecular flexibility index (Phi) is 9.14. The summed E-state index contributed by atoms with van der Waals surface area (Å²) in [4.78, 5) is 15.0. The van der Waals surface area contributed by atoms with Crippen molar-refractivity contribution in [1.29, 1.82) is 0 Å². The first kappa shape index (κ1) is 26.7. The number of nitrogens with zero attached hydrogens (tertiary/aromatic N) is 1. The minimum absolute atomic E-state index is 0.0155. The fourth-order valence-electron chi connectivity index (χ4n) is 3.20. The van der Waals surface area contributed by atoms with Crippen LogP contribution in [0.1, 0.15) is 33.4 Å². The molecule has 186 valence electrons. The molecule has 5 atom stereocenters. The summed E-state index contributed by atoms with van der Waals surface area (Å²) in [6.45, 7) is 4.63. The van der Waals surface area contributed by atoms with E-state index in [1.165, 1.54) is 11.5 Å². The van der Waals surface area contributed by atoms with Gasteiger partial charge in [0.25, 0.3) is 0 Å². The fourth-order valence-corrected chi connectivity index (χ4v) is 5.21. The second-order valence-corrected chi connectivity index (χ2v) is 10.5. The van der Waals surface area contributed by atoms with Gasteiger partial charge in [-0.25, -0.2) is 8.96 Å². The number of H-pyrrole nitrogens is 1. The zero-order valence-corrected chi connectivity index (χ0v) is 21.4. The van der Waals surface area contributed by atoms with Crippen LogP contribution in [0.25, 0.3) is 0 Å². The van der Waals surface area contributed by atoms with E-state index in [0.29, 0.717) is 4.64 Å². The van der Waals surface area contributed by atoms with E-state index in [1.807, 2.05) is 0 Å². The highest BCUT2D eigenvalue weighted by Crippen LogP contribution is 2.46. The molecule has 1 saturated heterocycles. The molecule has 13 heteroatoms. The molecular formula is C21H27FN3O6PS2. The molecule has 1 aromatic heterocycles. The molecule has 0 amide bonds. The molecule has 1 aliphatic rings. The van der Waals surface area contributed by atoms with Gasteiger partial charge in [0.1, 0.15) is 22.6 Å². The van der Waals surface area contributed by atoms with E-state index < -0.39 is 38.3 Å². The van der Waals surface area contributed by atoms with Gasteiger partial charge in [0.05, 0.1) is 18.8 Å². The zero-order valence-electron chi connectivity index (χ0n) is 18.9. The van der Waals surface area contributed by atoms with Gasteiger partial charge in [-0.3, -0.25) is 13.9 Å². The summed E-state index contributed by atoms with van der Waals surface area (Å²) >= 11 is 10.2. The monoisotopic (exact) mass is 531 g/mol. The average molecular weight is 532 g/mol. The second-order valence-electron chi connectivity index (χ2n) is 7.95. The van der Waals surface area contributed by atoms with E-state index in [0.717, 1.165) is 0 Å². The number of nitrogens with one attached hydrogen (secondary N) is 2. The summed E-state index contributed by atoms with van der Waals surface area (Å²) in [6, 6.07) is 8.93. The summed E-state index contributed by atoms with van der Waals surface area (Å²) < 4.78 is 52.4. The predicted octanol–water partition coefficient (Wildman–Crippen LogP) is 5.03. The van der Waals surface area contributed by atoms with Crippen molar-refractivity contribution in [3.05, 3.63) is 52.0 Å². The molecule has 0 bridgehead atoms. The summed E-state index contributed by atoms with van der Waals surface area (Å²) in [5.41, 5.74) is 0. The number of carbonyl (C=O) groups excluding carboxylic acids is 1. The molecule has 0 radical (unpaired) electrons. The molecule has 2 aromatic rings. The van der Waals surface area contributed by atoms with Crippen LogP contribution < -0.4 is 9.61 Å². The molecule has 1 aromatic carbocycles. The van der Waals surface area contributed by atoms with E-state index in [9.17, 15) is 13.8 Å². The molecule has 0 saturated carbocycles. The topological polar surface area (TPSA) is 104 Å². The van der Waals surface area contributed by atoms with Crippen LogP contribution in [-0.4, -0.2) is 46.5 Å². The highest BCUT2D eigenvalue weighted by molar-refractivity contribution is 7.72. The Balaban J connectivity index is 1.71. The van der Waals surface area contributed by atoms with Crippen molar-refractivity contribution in [2.75, 3.05) is 6.61 Å². The Morgan fingerprint density at radius 1 is 1.29 bits per heavy atom. The largest absolute Gasteiger partial charge is 0.462 e. The van der Waals surface area contributed by atoms with Crippen molar-refractivity contribution in [3.8, 4) is 5.75 Å². The predicted molar refractivity (Wildman–Crippen MR) is 128 cm³/mol.